The van der Waals surface area contributed by atoms with Crippen LogP contribution in [0, 0.1) is 34.5 Å². The molecule has 0 aliphatic heterocycles. The first-order valence-electron chi connectivity index (χ1n) is 9.10. The molecule has 0 saturated heterocycles. The summed E-state index contributed by atoms with van der Waals surface area (Å²) in [6, 6.07) is 0. The van der Waals surface area contributed by atoms with Gasteiger partial charge in [0.1, 0.15) is 5.78 Å². The molecule has 4 aliphatic carbocycles. The summed E-state index contributed by atoms with van der Waals surface area (Å²) < 4.78 is 0. The number of hydrogen-bond donors (Lipinski definition) is 0. The quantitative estimate of drug-likeness (QED) is 0.722. The van der Waals surface area contributed by atoms with Gasteiger partial charge < -0.3 is 0 Å². The molecule has 3 fully saturated rings. The summed E-state index contributed by atoms with van der Waals surface area (Å²) >= 11 is 0. The van der Waals surface area contributed by atoms with E-state index in [1.165, 1.54) is 31.3 Å². The van der Waals surface area contributed by atoms with Crippen molar-refractivity contribution in [1.29, 1.82) is 0 Å². The van der Waals surface area contributed by atoms with Crippen LogP contribution in [0.5, 0.6) is 0 Å². The fourth-order valence-electron chi connectivity index (χ4n) is 7.08. The Kier molecular flexibility index (Phi) is 3.03. The minimum absolute atomic E-state index is 0.135. The zero-order valence-corrected chi connectivity index (χ0v) is 14.2. The monoisotopic (exact) mass is 300 g/mol. The third kappa shape index (κ3) is 1.73. The SMILES string of the molecule is CC(=O)[C@@H]1CC[C@@H]2[C@H]3CCC4=CC(=O)C[C@@]4(C)[C@@H]3CC[C@@]21C. The van der Waals surface area contributed by atoms with Crippen molar-refractivity contribution in [2.45, 2.75) is 65.7 Å². The van der Waals surface area contributed by atoms with Gasteiger partial charge in [-0.15, -0.1) is 0 Å². The Bertz CT molecular complexity index is 574. The van der Waals surface area contributed by atoms with E-state index in [9.17, 15) is 9.59 Å². The maximum atomic E-state index is 12.1. The van der Waals surface area contributed by atoms with Gasteiger partial charge in [-0.25, -0.2) is 0 Å². The van der Waals surface area contributed by atoms with E-state index >= 15 is 0 Å². The van der Waals surface area contributed by atoms with Crippen molar-refractivity contribution in [2.75, 3.05) is 0 Å². The zero-order valence-electron chi connectivity index (χ0n) is 14.2. The lowest BCUT2D eigenvalue weighted by atomic mass is 9.48. The standard InChI is InChI=1S/C20H28O2/c1-12(21)16-6-7-17-15-5-4-13-10-14(22)11-20(13,3)18(15)8-9-19(16,17)2/h10,15-18H,4-9,11H2,1-3H3/t15-,16+,17-,18-,19-,20-/m1/s1. The van der Waals surface area contributed by atoms with Gasteiger partial charge in [0.15, 0.2) is 5.78 Å². The molecule has 0 bridgehead atoms. The summed E-state index contributed by atoms with van der Waals surface area (Å²) in [6.45, 7) is 6.53. The normalized spacial score (nSPS) is 50.1. The molecule has 0 N–H and O–H groups in total. The van der Waals surface area contributed by atoms with Crippen molar-refractivity contribution < 1.29 is 9.59 Å². The first-order valence-corrected chi connectivity index (χ1v) is 9.10. The second-order valence-corrected chi connectivity index (χ2v) is 8.93. The predicted octanol–water partition coefficient (Wildman–Crippen LogP) is 4.33. The molecule has 22 heavy (non-hydrogen) atoms. The Morgan fingerprint density at radius 2 is 1.91 bits per heavy atom. The van der Waals surface area contributed by atoms with Crippen LogP contribution in [0.15, 0.2) is 11.6 Å². The number of ketones is 2. The zero-order chi connectivity index (χ0) is 15.7. The predicted molar refractivity (Wildman–Crippen MR) is 86.3 cm³/mol. The van der Waals surface area contributed by atoms with Crippen LogP contribution in [0.25, 0.3) is 0 Å². The Balaban J connectivity index is 1.67. The van der Waals surface area contributed by atoms with Gasteiger partial charge in [-0.2, -0.15) is 0 Å². The molecule has 4 aliphatic rings. The minimum Gasteiger partial charge on any atom is -0.300 e. The average molecular weight is 300 g/mol. The largest absolute Gasteiger partial charge is 0.300 e. The van der Waals surface area contributed by atoms with E-state index in [4.69, 9.17) is 0 Å². The van der Waals surface area contributed by atoms with Crippen LogP contribution >= 0.6 is 0 Å². The number of carbonyl (C=O) groups excluding carboxylic acids is 2. The molecule has 0 aromatic heterocycles. The van der Waals surface area contributed by atoms with Gasteiger partial charge in [0, 0.05) is 12.3 Å². The Morgan fingerprint density at radius 3 is 2.64 bits per heavy atom. The molecule has 2 heteroatoms. The van der Waals surface area contributed by atoms with Crippen LogP contribution in [0.2, 0.25) is 0 Å². The fourth-order valence-corrected chi connectivity index (χ4v) is 7.08. The molecule has 0 spiro atoms. The molecule has 120 valence electrons. The van der Waals surface area contributed by atoms with E-state index in [0.29, 0.717) is 23.4 Å². The van der Waals surface area contributed by atoms with Gasteiger partial charge in [0.2, 0.25) is 0 Å². The lowest BCUT2D eigenvalue weighted by Gasteiger charge is -2.56. The molecule has 0 unspecified atom stereocenters. The third-order valence-corrected chi connectivity index (χ3v) is 8.10. The molecule has 0 radical (unpaired) electrons. The van der Waals surface area contributed by atoms with E-state index < -0.39 is 0 Å². The van der Waals surface area contributed by atoms with Crippen LogP contribution in [0.3, 0.4) is 0 Å². The topological polar surface area (TPSA) is 34.1 Å². The molecule has 0 aromatic carbocycles. The first-order chi connectivity index (χ1) is 10.4. The minimum atomic E-state index is 0.135. The van der Waals surface area contributed by atoms with Crippen LogP contribution in [0.1, 0.15) is 65.7 Å². The number of fused-ring (bicyclic) bond motifs is 5. The summed E-state index contributed by atoms with van der Waals surface area (Å²) in [5.41, 5.74) is 1.80. The lowest BCUT2D eigenvalue weighted by Crippen LogP contribution is -2.49. The smallest absolute Gasteiger partial charge is 0.156 e. The van der Waals surface area contributed by atoms with Gasteiger partial charge >= 0.3 is 0 Å². The van der Waals surface area contributed by atoms with Crippen molar-refractivity contribution in [1.82, 2.24) is 0 Å². The summed E-state index contributed by atoms with van der Waals surface area (Å²) in [6.07, 6.45) is 9.76. The number of allylic oxidation sites excluding steroid dienone is 2. The molecule has 3 saturated carbocycles. The van der Waals surface area contributed by atoms with Gasteiger partial charge in [-0.05, 0) is 80.1 Å². The molecule has 0 amide bonds. The molecular weight excluding hydrogens is 272 g/mol. The second-order valence-electron chi connectivity index (χ2n) is 8.93. The van der Waals surface area contributed by atoms with E-state index in [-0.39, 0.29) is 16.7 Å². The molecular formula is C20H28O2. The molecule has 2 nitrogen and oxygen atoms in total. The summed E-state index contributed by atoms with van der Waals surface area (Å²) in [7, 11) is 0. The van der Waals surface area contributed by atoms with E-state index in [2.05, 4.69) is 13.8 Å². The van der Waals surface area contributed by atoms with E-state index in [1.807, 2.05) is 6.08 Å². The maximum absolute atomic E-state index is 12.1. The highest BCUT2D eigenvalue weighted by atomic mass is 16.1. The second kappa shape index (κ2) is 4.55. The summed E-state index contributed by atoms with van der Waals surface area (Å²) in [5.74, 6) is 3.14. The van der Waals surface area contributed by atoms with Gasteiger partial charge in [0.25, 0.3) is 0 Å². The van der Waals surface area contributed by atoms with Crippen LogP contribution in [0.4, 0.5) is 0 Å². The molecule has 0 aromatic rings. The lowest BCUT2D eigenvalue weighted by molar-refractivity contribution is -0.127. The van der Waals surface area contributed by atoms with Crippen molar-refractivity contribution >= 4 is 11.6 Å². The fraction of sp³-hybridized carbons (Fsp3) is 0.800. The van der Waals surface area contributed by atoms with Crippen molar-refractivity contribution in [2.24, 2.45) is 34.5 Å². The Morgan fingerprint density at radius 1 is 1.14 bits per heavy atom. The highest BCUT2D eigenvalue weighted by Gasteiger charge is 2.60. The highest BCUT2D eigenvalue weighted by molar-refractivity contribution is 5.94. The maximum Gasteiger partial charge on any atom is 0.156 e. The van der Waals surface area contributed by atoms with Crippen molar-refractivity contribution in [3.05, 3.63) is 11.6 Å². The highest BCUT2D eigenvalue weighted by Crippen LogP contribution is 2.66. The van der Waals surface area contributed by atoms with E-state index in [1.54, 1.807) is 6.92 Å². The number of carbonyl (C=O) groups is 2. The van der Waals surface area contributed by atoms with Crippen LogP contribution in [-0.4, -0.2) is 11.6 Å². The molecule has 4 rings (SSSR count). The van der Waals surface area contributed by atoms with Gasteiger partial charge in [0.05, 0.1) is 0 Å². The number of rotatable bonds is 1. The third-order valence-electron chi connectivity index (χ3n) is 8.10. The Hall–Kier alpha value is -0.920. The molecule has 0 heterocycles. The van der Waals surface area contributed by atoms with Gasteiger partial charge in [-0.3, -0.25) is 9.59 Å². The van der Waals surface area contributed by atoms with Gasteiger partial charge in [-0.1, -0.05) is 19.4 Å². The number of Topliss-reactive ketones (excluding diaryl/α,β-unsaturated/α-hetero) is 1. The Labute approximate surface area is 133 Å². The van der Waals surface area contributed by atoms with E-state index in [0.717, 1.165) is 25.2 Å². The molecule has 6 atom stereocenters. The van der Waals surface area contributed by atoms with Crippen LogP contribution in [-0.2, 0) is 9.59 Å². The van der Waals surface area contributed by atoms with Crippen LogP contribution < -0.4 is 0 Å². The number of hydrogen-bond acceptors (Lipinski definition) is 2. The first kappa shape index (κ1) is 14.7. The van der Waals surface area contributed by atoms with Crippen molar-refractivity contribution in [3.63, 3.8) is 0 Å². The summed E-state index contributed by atoms with van der Waals surface area (Å²) in [4.78, 5) is 24.1. The van der Waals surface area contributed by atoms with Crippen molar-refractivity contribution in [3.8, 4) is 0 Å². The summed E-state index contributed by atoms with van der Waals surface area (Å²) in [5, 5.41) is 0. The average Bonchev–Trinajstić information content (AvgIpc) is 2.93.